The van der Waals surface area contributed by atoms with Gasteiger partial charge in [-0.25, -0.2) is 0 Å². The Bertz CT molecular complexity index is 105. The van der Waals surface area contributed by atoms with E-state index in [1.165, 1.54) is 0 Å². The van der Waals surface area contributed by atoms with E-state index in [4.69, 9.17) is 14.2 Å². The Hall–Kier alpha value is 0.570. The Labute approximate surface area is 106 Å². The van der Waals surface area contributed by atoms with Gasteiger partial charge >= 0.3 is 0 Å². The van der Waals surface area contributed by atoms with Crippen molar-refractivity contribution in [2.75, 3.05) is 50.7 Å². The van der Waals surface area contributed by atoms with Gasteiger partial charge < -0.3 is 19.5 Å². The largest absolute Gasteiger partial charge is 0.379 e. The van der Waals surface area contributed by atoms with Crippen LogP contribution < -0.4 is 5.32 Å². The molecule has 0 atom stereocenters. The van der Waals surface area contributed by atoms with E-state index in [9.17, 15) is 0 Å². The number of ether oxygens (including phenoxy) is 3. The van der Waals surface area contributed by atoms with Crippen molar-refractivity contribution in [3.63, 3.8) is 0 Å². The molecule has 0 unspecified atom stereocenters. The Balaban J connectivity index is 2.81. The van der Waals surface area contributed by atoms with Gasteiger partial charge in [0.1, 0.15) is 0 Å². The zero-order valence-corrected chi connectivity index (χ0v) is 11.6. The Kier molecular flexibility index (Phi) is 15.1. The molecule has 0 aromatic heterocycles. The Morgan fingerprint density at radius 2 is 1.40 bits per heavy atom. The fourth-order valence-electron chi connectivity index (χ4n) is 0.897. The number of nitrogens with one attached hydrogen (secondary N) is 1. The summed E-state index contributed by atoms with van der Waals surface area (Å²) < 4.78 is 16.9. The average Bonchev–Trinajstić information content (AvgIpc) is 2.26. The maximum absolute atomic E-state index is 5.33. The van der Waals surface area contributed by atoms with Crippen LogP contribution in [0.5, 0.6) is 0 Å². The molecule has 0 amide bonds. The van der Waals surface area contributed by atoms with Crippen LogP contribution in [0.3, 0.4) is 0 Å². The van der Waals surface area contributed by atoms with E-state index in [0.717, 1.165) is 30.7 Å². The lowest BCUT2D eigenvalue weighted by molar-refractivity contribution is 0.0154. The molecule has 0 rings (SSSR count). The summed E-state index contributed by atoms with van der Waals surface area (Å²) in [6, 6.07) is 0. The average molecular weight is 331 g/mol. The number of alkyl halides is 1. The first kappa shape index (κ1) is 15.6. The van der Waals surface area contributed by atoms with E-state index in [1.54, 1.807) is 0 Å². The van der Waals surface area contributed by atoms with Crippen molar-refractivity contribution >= 4 is 22.6 Å². The fraction of sp³-hybridized carbons (Fsp3) is 1.00. The second-order valence-corrected chi connectivity index (χ2v) is 3.73. The van der Waals surface area contributed by atoms with E-state index in [2.05, 4.69) is 34.8 Å². The lowest BCUT2D eigenvalue weighted by Crippen LogP contribution is -2.19. The molecule has 15 heavy (non-hydrogen) atoms. The third kappa shape index (κ3) is 14.6. The molecule has 0 aromatic carbocycles. The number of hydrogen-bond donors (Lipinski definition) is 1. The van der Waals surface area contributed by atoms with Crippen molar-refractivity contribution in [2.24, 2.45) is 0 Å². The van der Waals surface area contributed by atoms with Crippen molar-refractivity contribution in [2.45, 2.75) is 13.3 Å². The standard InChI is InChI=1S/C10H22INO3/c1-2-4-13-6-8-15-9-7-14-5-3-12-10-11/h12H,2-10H2,1H3. The molecule has 0 spiro atoms. The molecule has 5 heteroatoms. The molecule has 4 nitrogen and oxygen atoms in total. The van der Waals surface area contributed by atoms with Gasteiger partial charge in [0.2, 0.25) is 0 Å². The van der Waals surface area contributed by atoms with Crippen molar-refractivity contribution in [3.05, 3.63) is 0 Å². The van der Waals surface area contributed by atoms with Crippen molar-refractivity contribution < 1.29 is 14.2 Å². The van der Waals surface area contributed by atoms with Crippen LogP contribution in [0.1, 0.15) is 13.3 Å². The van der Waals surface area contributed by atoms with Gasteiger partial charge in [0, 0.05) is 17.7 Å². The first-order valence-electron chi connectivity index (χ1n) is 5.41. The summed E-state index contributed by atoms with van der Waals surface area (Å²) in [7, 11) is 0. The maximum atomic E-state index is 5.33. The van der Waals surface area contributed by atoms with Gasteiger partial charge in [0.25, 0.3) is 0 Å². The Morgan fingerprint density at radius 3 is 1.93 bits per heavy atom. The van der Waals surface area contributed by atoms with E-state index >= 15 is 0 Å². The molecular weight excluding hydrogens is 309 g/mol. The van der Waals surface area contributed by atoms with Crippen LogP contribution in [0.25, 0.3) is 0 Å². The quantitative estimate of drug-likeness (QED) is 0.254. The van der Waals surface area contributed by atoms with Crippen LogP contribution in [-0.2, 0) is 14.2 Å². The summed E-state index contributed by atoms with van der Waals surface area (Å²) >= 11 is 2.27. The molecule has 0 aliphatic rings. The minimum atomic E-state index is 0.653. The summed E-state index contributed by atoms with van der Waals surface area (Å²) in [5.74, 6) is 0. The fourth-order valence-corrected chi connectivity index (χ4v) is 1.28. The molecule has 0 heterocycles. The van der Waals surface area contributed by atoms with Crippen LogP contribution in [0.4, 0.5) is 0 Å². The second kappa shape index (κ2) is 14.6. The highest BCUT2D eigenvalue weighted by atomic mass is 127. The molecule has 0 aromatic rings. The summed E-state index contributed by atoms with van der Waals surface area (Å²) in [6.45, 7) is 7.23. The highest BCUT2D eigenvalue weighted by molar-refractivity contribution is 14.1. The van der Waals surface area contributed by atoms with E-state index < -0.39 is 0 Å². The van der Waals surface area contributed by atoms with Gasteiger partial charge in [0.15, 0.2) is 0 Å². The second-order valence-electron chi connectivity index (χ2n) is 2.97. The monoisotopic (exact) mass is 331 g/mol. The topological polar surface area (TPSA) is 39.7 Å². The molecule has 0 saturated heterocycles. The summed E-state index contributed by atoms with van der Waals surface area (Å²) in [5.41, 5.74) is 0. The predicted octanol–water partition coefficient (Wildman–Crippen LogP) is 1.43. The molecule has 0 aliphatic carbocycles. The lowest BCUT2D eigenvalue weighted by atomic mass is 10.5. The van der Waals surface area contributed by atoms with E-state index in [1.807, 2.05) is 0 Å². The smallest absolute Gasteiger partial charge is 0.0701 e. The molecule has 0 fully saturated rings. The van der Waals surface area contributed by atoms with Crippen LogP contribution >= 0.6 is 22.6 Å². The zero-order valence-electron chi connectivity index (χ0n) is 9.47. The summed E-state index contributed by atoms with van der Waals surface area (Å²) in [6.07, 6.45) is 1.06. The van der Waals surface area contributed by atoms with Gasteiger partial charge in [-0.3, -0.25) is 0 Å². The molecule has 92 valence electrons. The van der Waals surface area contributed by atoms with E-state index in [-0.39, 0.29) is 0 Å². The normalized spacial score (nSPS) is 10.8. The zero-order chi connectivity index (χ0) is 11.2. The third-order valence-electron chi connectivity index (χ3n) is 1.61. The van der Waals surface area contributed by atoms with Gasteiger partial charge in [0.05, 0.1) is 33.0 Å². The predicted molar refractivity (Wildman–Crippen MR) is 69.6 cm³/mol. The first-order chi connectivity index (χ1) is 7.41. The number of halogens is 1. The highest BCUT2D eigenvalue weighted by Crippen LogP contribution is 1.83. The van der Waals surface area contributed by atoms with Gasteiger partial charge in [-0.2, -0.15) is 0 Å². The molecule has 0 bridgehead atoms. The van der Waals surface area contributed by atoms with Crippen molar-refractivity contribution in [1.82, 2.24) is 5.32 Å². The first-order valence-corrected chi connectivity index (χ1v) is 6.94. The van der Waals surface area contributed by atoms with Crippen LogP contribution in [0.2, 0.25) is 0 Å². The third-order valence-corrected chi connectivity index (χ3v) is 2.15. The van der Waals surface area contributed by atoms with Crippen molar-refractivity contribution in [1.29, 1.82) is 0 Å². The Morgan fingerprint density at radius 1 is 0.867 bits per heavy atom. The van der Waals surface area contributed by atoms with Gasteiger partial charge in [-0.15, -0.1) is 0 Å². The van der Waals surface area contributed by atoms with Gasteiger partial charge in [-0.1, -0.05) is 29.5 Å². The molecule has 0 radical (unpaired) electrons. The van der Waals surface area contributed by atoms with Gasteiger partial charge in [-0.05, 0) is 6.42 Å². The maximum Gasteiger partial charge on any atom is 0.0701 e. The van der Waals surface area contributed by atoms with E-state index in [0.29, 0.717) is 26.4 Å². The number of hydrogen-bond acceptors (Lipinski definition) is 4. The van der Waals surface area contributed by atoms with Crippen LogP contribution in [0, 0.1) is 0 Å². The van der Waals surface area contributed by atoms with Crippen LogP contribution in [0.15, 0.2) is 0 Å². The summed E-state index contributed by atoms with van der Waals surface area (Å²) in [4.78, 5) is 0. The van der Waals surface area contributed by atoms with Crippen LogP contribution in [-0.4, -0.2) is 50.7 Å². The minimum absolute atomic E-state index is 0.653. The molecule has 0 saturated carbocycles. The SMILES string of the molecule is CCCOCCOCCOCCNCI. The minimum Gasteiger partial charge on any atom is -0.379 e. The lowest BCUT2D eigenvalue weighted by Gasteiger charge is -2.06. The highest BCUT2D eigenvalue weighted by Gasteiger charge is 1.90. The molecular formula is C10H22INO3. The summed E-state index contributed by atoms with van der Waals surface area (Å²) in [5, 5.41) is 3.17. The number of rotatable bonds is 12. The molecule has 1 N–H and O–H groups in total. The molecule has 0 aliphatic heterocycles. The van der Waals surface area contributed by atoms with Crippen molar-refractivity contribution in [3.8, 4) is 0 Å².